The first-order valence-electron chi connectivity index (χ1n) is 7.54. The fraction of sp³-hybridized carbons (Fsp3) is 0.933. The Morgan fingerprint density at radius 1 is 1.35 bits per heavy atom. The Balaban J connectivity index is 2.70. The lowest BCUT2D eigenvalue weighted by Crippen LogP contribution is -2.57. The second kappa shape index (κ2) is 6.87. The Labute approximate surface area is 122 Å². The van der Waals surface area contributed by atoms with E-state index in [0.717, 1.165) is 13.1 Å². The number of ether oxygens (including phenoxy) is 1. The second-order valence-electron chi connectivity index (χ2n) is 6.70. The van der Waals surface area contributed by atoms with Crippen LogP contribution in [0.2, 0.25) is 0 Å². The summed E-state index contributed by atoms with van der Waals surface area (Å²) < 4.78 is 5.74. The summed E-state index contributed by atoms with van der Waals surface area (Å²) in [5.41, 5.74) is -0.891. The van der Waals surface area contributed by atoms with Crippen molar-refractivity contribution >= 4 is 5.97 Å². The Bertz CT molecular complexity index is 325. The molecule has 1 aliphatic heterocycles. The highest BCUT2D eigenvalue weighted by Crippen LogP contribution is 2.21. The molecule has 5 heteroatoms. The van der Waals surface area contributed by atoms with E-state index >= 15 is 0 Å². The minimum atomic E-state index is -0.891. The van der Waals surface area contributed by atoms with Crippen molar-refractivity contribution in [2.45, 2.75) is 77.8 Å². The zero-order valence-corrected chi connectivity index (χ0v) is 13.6. The van der Waals surface area contributed by atoms with Crippen molar-refractivity contribution in [2.24, 2.45) is 0 Å². The summed E-state index contributed by atoms with van der Waals surface area (Å²) in [5.74, 6) is -0.785. The molecule has 0 aromatic carbocycles. The van der Waals surface area contributed by atoms with Crippen molar-refractivity contribution < 1.29 is 14.6 Å². The smallest absolute Gasteiger partial charge is 0.323 e. The van der Waals surface area contributed by atoms with Crippen LogP contribution in [-0.2, 0) is 9.53 Å². The molecule has 118 valence electrons. The standard InChI is InChI=1S/C15H30N2O3/c1-10(2)16-15(6,14(18)19)7-11(3)17-8-12(4)20-13(5)9-17/h10-13,16H,7-9H2,1-6H3,(H,18,19)/t11?,12-,13+,15?. The van der Waals surface area contributed by atoms with Gasteiger partial charge < -0.3 is 9.84 Å². The molecule has 0 bridgehead atoms. The average molecular weight is 286 g/mol. The molecule has 20 heavy (non-hydrogen) atoms. The SMILES string of the molecule is CC(C)NC(C)(CC(C)N1C[C@@H](C)O[C@@H](C)C1)C(=O)O. The molecule has 5 nitrogen and oxygen atoms in total. The molecule has 0 saturated carbocycles. The topological polar surface area (TPSA) is 61.8 Å². The van der Waals surface area contributed by atoms with E-state index < -0.39 is 11.5 Å². The van der Waals surface area contributed by atoms with Crippen LogP contribution in [0, 0.1) is 0 Å². The lowest BCUT2D eigenvalue weighted by atomic mass is 9.91. The van der Waals surface area contributed by atoms with Gasteiger partial charge in [-0.15, -0.1) is 0 Å². The van der Waals surface area contributed by atoms with Crippen LogP contribution >= 0.6 is 0 Å². The summed E-state index contributed by atoms with van der Waals surface area (Å²) in [4.78, 5) is 13.9. The van der Waals surface area contributed by atoms with Crippen molar-refractivity contribution in [3.63, 3.8) is 0 Å². The largest absolute Gasteiger partial charge is 0.480 e. The molecule has 2 N–H and O–H groups in total. The Kier molecular flexibility index (Phi) is 5.98. The van der Waals surface area contributed by atoms with Gasteiger partial charge in [-0.25, -0.2) is 0 Å². The lowest BCUT2D eigenvalue weighted by molar-refractivity contribution is -0.146. The molecular formula is C15H30N2O3. The second-order valence-corrected chi connectivity index (χ2v) is 6.70. The minimum Gasteiger partial charge on any atom is -0.480 e. The molecule has 2 unspecified atom stereocenters. The molecule has 4 atom stereocenters. The molecule has 1 aliphatic rings. The van der Waals surface area contributed by atoms with Crippen molar-refractivity contribution in [3.8, 4) is 0 Å². The number of rotatable bonds is 6. The quantitative estimate of drug-likeness (QED) is 0.778. The van der Waals surface area contributed by atoms with E-state index in [4.69, 9.17) is 4.74 Å². The molecule has 1 rings (SSSR count). The maximum Gasteiger partial charge on any atom is 0.323 e. The predicted octanol–water partition coefficient (Wildman–Crippen LogP) is 1.72. The molecule has 0 amide bonds. The van der Waals surface area contributed by atoms with E-state index in [0.29, 0.717) is 6.42 Å². The molecule has 0 aliphatic carbocycles. The van der Waals surface area contributed by atoms with Crippen molar-refractivity contribution in [2.75, 3.05) is 13.1 Å². The fourth-order valence-electron chi connectivity index (χ4n) is 3.14. The zero-order chi connectivity index (χ0) is 15.5. The van der Waals surface area contributed by atoms with Gasteiger partial charge in [-0.1, -0.05) is 0 Å². The van der Waals surface area contributed by atoms with Gasteiger partial charge in [-0.3, -0.25) is 15.0 Å². The molecular weight excluding hydrogens is 256 g/mol. The van der Waals surface area contributed by atoms with Crippen LogP contribution in [0.3, 0.4) is 0 Å². The van der Waals surface area contributed by atoms with Gasteiger partial charge in [0.1, 0.15) is 5.54 Å². The number of hydrogen-bond donors (Lipinski definition) is 2. The van der Waals surface area contributed by atoms with E-state index in [9.17, 15) is 9.90 Å². The van der Waals surface area contributed by atoms with Gasteiger partial charge in [0.15, 0.2) is 0 Å². The van der Waals surface area contributed by atoms with Gasteiger partial charge in [0.25, 0.3) is 0 Å². The summed E-state index contributed by atoms with van der Waals surface area (Å²) in [6.07, 6.45) is 0.991. The van der Waals surface area contributed by atoms with Crippen molar-refractivity contribution in [1.82, 2.24) is 10.2 Å². The van der Waals surface area contributed by atoms with Crippen molar-refractivity contribution in [1.29, 1.82) is 0 Å². The van der Waals surface area contributed by atoms with Gasteiger partial charge in [0.2, 0.25) is 0 Å². The summed E-state index contributed by atoms with van der Waals surface area (Å²) in [6, 6.07) is 0.349. The van der Waals surface area contributed by atoms with E-state index in [2.05, 4.69) is 31.0 Å². The van der Waals surface area contributed by atoms with Crippen LogP contribution < -0.4 is 5.32 Å². The summed E-state index contributed by atoms with van der Waals surface area (Å²) in [6.45, 7) is 13.7. The van der Waals surface area contributed by atoms with E-state index in [1.54, 1.807) is 6.92 Å². The summed E-state index contributed by atoms with van der Waals surface area (Å²) >= 11 is 0. The first-order valence-corrected chi connectivity index (χ1v) is 7.54. The van der Waals surface area contributed by atoms with Gasteiger partial charge in [0.05, 0.1) is 12.2 Å². The normalized spacial score (nSPS) is 29.1. The number of morpholine rings is 1. The number of carboxylic acid groups (broad SMARTS) is 1. The van der Waals surface area contributed by atoms with Crippen LogP contribution in [0.1, 0.15) is 48.0 Å². The molecule has 0 spiro atoms. The summed E-state index contributed by atoms with van der Waals surface area (Å²) in [7, 11) is 0. The fourth-order valence-corrected chi connectivity index (χ4v) is 3.14. The molecule has 0 aromatic heterocycles. The molecule has 1 fully saturated rings. The number of nitrogens with one attached hydrogen (secondary N) is 1. The predicted molar refractivity (Wildman–Crippen MR) is 80.0 cm³/mol. The first kappa shape index (κ1) is 17.4. The Morgan fingerprint density at radius 2 is 1.85 bits per heavy atom. The van der Waals surface area contributed by atoms with Gasteiger partial charge in [0, 0.05) is 25.2 Å². The number of carbonyl (C=O) groups is 1. The number of hydrogen-bond acceptors (Lipinski definition) is 4. The highest BCUT2D eigenvalue weighted by Gasteiger charge is 2.37. The monoisotopic (exact) mass is 286 g/mol. The highest BCUT2D eigenvalue weighted by atomic mass is 16.5. The number of carboxylic acids is 1. The lowest BCUT2D eigenvalue weighted by Gasteiger charge is -2.41. The Hall–Kier alpha value is -0.650. The third kappa shape index (κ3) is 4.72. The van der Waals surface area contributed by atoms with Crippen LogP contribution in [0.4, 0.5) is 0 Å². The van der Waals surface area contributed by atoms with E-state index in [1.807, 2.05) is 13.8 Å². The molecule has 1 saturated heterocycles. The van der Waals surface area contributed by atoms with Gasteiger partial charge in [-0.2, -0.15) is 0 Å². The van der Waals surface area contributed by atoms with Crippen LogP contribution in [0.15, 0.2) is 0 Å². The zero-order valence-electron chi connectivity index (χ0n) is 13.6. The van der Waals surface area contributed by atoms with Gasteiger partial charge >= 0.3 is 5.97 Å². The third-order valence-corrected chi connectivity index (χ3v) is 3.85. The van der Waals surface area contributed by atoms with Crippen LogP contribution in [-0.4, -0.2) is 58.9 Å². The first-order chi connectivity index (χ1) is 9.14. The molecule has 1 heterocycles. The third-order valence-electron chi connectivity index (χ3n) is 3.85. The average Bonchev–Trinajstić information content (AvgIpc) is 2.25. The number of nitrogens with zero attached hydrogens (tertiary/aromatic N) is 1. The van der Waals surface area contributed by atoms with E-state index in [-0.39, 0.29) is 24.3 Å². The van der Waals surface area contributed by atoms with E-state index in [1.165, 1.54) is 0 Å². The summed E-state index contributed by atoms with van der Waals surface area (Å²) in [5, 5.41) is 12.7. The van der Waals surface area contributed by atoms with Crippen LogP contribution in [0.25, 0.3) is 0 Å². The minimum absolute atomic E-state index is 0.144. The number of aliphatic carboxylic acids is 1. The molecule has 0 aromatic rings. The maximum absolute atomic E-state index is 11.6. The Morgan fingerprint density at radius 3 is 2.25 bits per heavy atom. The van der Waals surface area contributed by atoms with Gasteiger partial charge in [-0.05, 0) is 48.0 Å². The molecule has 0 radical (unpaired) electrons. The maximum atomic E-state index is 11.6. The van der Waals surface area contributed by atoms with Crippen molar-refractivity contribution in [3.05, 3.63) is 0 Å². The van der Waals surface area contributed by atoms with Crippen LogP contribution in [0.5, 0.6) is 0 Å². The highest BCUT2D eigenvalue weighted by molar-refractivity contribution is 5.78.